The van der Waals surface area contributed by atoms with Crippen LogP contribution in [0.15, 0.2) is 24.3 Å². The highest BCUT2D eigenvalue weighted by Crippen LogP contribution is 2.18. The minimum absolute atomic E-state index is 0.335. The highest BCUT2D eigenvalue weighted by atomic mass is 16.3. The fourth-order valence-corrected chi connectivity index (χ4v) is 1.58. The van der Waals surface area contributed by atoms with E-state index in [9.17, 15) is 5.11 Å². The quantitative estimate of drug-likeness (QED) is 0.769. The Morgan fingerprint density at radius 3 is 2.57 bits per heavy atom. The van der Waals surface area contributed by atoms with Gasteiger partial charge in [-0.3, -0.25) is 0 Å². The maximum atomic E-state index is 9.31. The molecule has 78 valence electrons. The van der Waals surface area contributed by atoms with Crippen LogP contribution < -0.4 is 5.73 Å². The Balaban J connectivity index is 2.67. The molecule has 1 rings (SSSR count). The van der Waals surface area contributed by atoms with Crippen molar-refractivity contribution in [1.29, 1.82) is 0 Å². The molecule has 14 heavy (non-hydrogen) atoms. The Bertz CT molecular complexity index is 283. The molecule has 0 amide bonds. The lowest BCUT2D eigenvalue weighted by atomic mass is 9.89. The van der Waals surface area contributed by atoms with Crippen LogP contribution >= 0.6 is 0 Å². The lowest BCUT2D eigenvalue weighted by Gasteiger charge is -2.18. The third kappa shape index (κ3) is 3.04. The van der Waals surface area contributed by atoms with Crippen LogP contribution in [0.2, 0.25) is 0 Å². The van der Waals surface area contributed by atoms with Gasteiger partial charge in [0.2, 0.25) is 0 Å². The first-order valence-electron chi connectivity index (χ1n) is 5.11. The molecule has 1 aromatic carbocycles. The van der Waals surface area contributed by atoms with Gasteiger partial charge in [0, 0.05) is 0 Å². The van der Waals surface area contributed by atoms with Crippen molar-refractivity contribution in [2.24, 2.45) is 17.6 Å². The first kappa shape index (κ1) is 11.1. The number of benzene rings is 1. The second-order valence-electron chi connectivity index (χ2n) is 4.11. The lowest BCUT2D eigenvalue weighted by Crippen LogP contribution is -2.22. The normalized spacial score (nSPS) is 13.1. The van der Waals surface area contributed by atoms with Gasteiger partial charge >= 0.3 is 0 Å². The van der Waals surface area contributed by atoms with Crippen molar-refractivity contribution in [2.45, 2.75) is 20.3 Å². The summed E-state index contributed by atoms with van der Waals surface area (Å²) in [5.41, 5.74) is 6.86. The van der Waals surface area contributed by atoms with E-state index in [-0.39, 0.29) is 0 Å². The molecule has 1 unspecified atom stereocenters. The number of phenols is 1. The number of aromatic hydroxyl groups is 1. The monoisotopic (exact) mass is 193 g/mol. The van der Waals surface area contributed by atoms with Crippen molar-refractivity contribution < 1.29 is 5.11 Å². The zero-order chi connectivity index (χ0) is 10.6. The minimum Gasteiger partial charge on any atom is -0.508 e. The fraction of sp³-hybridized carbons (Fsp3) is 0.500. The van der Waals surface area contributed by atoms with Gasteiger partial charge in [0.05, 0.1) is 0 Å². The fourth-order valence-electron chi connectivity index (χ4n) is 1.58. The van der Waals surface area contributed by atoms with Crippen molar-refractivity contribution in [3.8, 4) is 5.75 Å². The molecule has 0 aliphatic rings. The molecular formula is C12H19NO. The van der Waals surface area contributed by atoms with E-state index in [0.29, 0.717) is 24.1 Å². The van der Waals surface area contributed by atoms with Gasteiger partial charge in [0.1, 0.15) is 5.75 Å². The van der Waals surface area contributed by atoms with E-state index >= 15 is 0 Å². The largest absolute Gasteiger partial charge is 0.508 e. The first-order valence-corrected chi connectivity index (χ1v) is 5.11. The van der Waals surface area contributed by atoms with E-state index in [1.54, 1.807) is 6.07 Å². The van der Waals surface area contributed by atoms with Gasteiger partial charge in [-0.05, 0) is 42.5 Å². The summed E-state index contributed by atoms with van der Waals surface area (Å²) in [5.74, 6) is 1.42. The van der Waals surface area contributed by atoms with Gasteiger partial charge in [-0.2, -0.15) is 0 Å². The second-order valence-corrected chi connectivity index (χ2v) is 4.11. The van der Waals surface area contributed by atoms with Crippen LogP contribution in [0.4, 0.5) is 0 Å². The van der Waals surface area contributed by atoms with Crippen LogP contribution in [0.25, 0.3) is 0 Å². The predicted molar refractivity (Wildman–Crippen MR) is 59.2 cm³/mol. The molecule has 0 aliphatic carbocycles. The van der Waals surface area contributed by atoms with E-state index in [1.165, 1.54) is 0 Å². The Hall–Kier alpha value is -1.02. The van der Waals surface area contributed by atoms with Crippen LogP contribution in [-0.4, -0.2) is 11.7 Å². The molecule has 2 nitrogen and oxygen atoms in total. The van der Waals surface area contributed by atoms with Crippen LogP contribution in [0.1, 0.15) is 19.4 Å². The third-order valence-corrected chi connectivity index (χ3v) is 2.65. The maximum absolute atomic E-state index is 9.31. The minimum atomic E-state index is 0.335. The molecule has 0 aliphatic heterocycles. The molecular weight excluding hydrogens is 174 g/mol. The molecule has 1 atom stereocenters. The van der Waals surface area contributed by atoms with Gasteiger partial charge in [-0.15, -0.1) is 0 Å². The maximum Gasteiger partial charge on any atom is 0.115 e. The summed E-state index contributed by atoms with van der Waals surface area (Å²) >= 11 is 0. The molecule has 0 radical (unpaired) electrons. The average molecular weight is 193 g/mol. The highest BCUT2D eigenvalue weighted by molar-refractivity contribution is 5.27. The number of phenolic OH excluding ortho intramolecular Hbond substituents is 1. The third-order valence-electron chi connectivity index (χ3n) is 2.65. The van der Waals surface area contributed by atoms with E-state index in [4.69, 9.17) is 5.73 Å². The van der Waals surface area contributed by atoms with Gasteiger partial charge in [-0.1, -0.05) is 26.0 Å². The summed E-state index contributed by atoms with van der Waals surface area (Å²) < 4.78 is 0. The summed E-state index contributed by atoms with van der Waals surface area (Å²) in [6, 6.07) is 7.41. The van der Waals surface area contributed by atoms with Gasteiger partial charge in [0.25, 0.3) is 0 Å². The average Bonchev–Trinajstić information content (AvgIpc) is 2.14. The summed E-state index contributed by atoms with van der Waals surface area (Å²) in [6.45, 7) is 5.06. The molecule has 0 aromatic heterocycles. The molecule has 0 fully saturated rings. The Kier molecular flexibility index (Phi) is 3.96. The van der Waals surface area contributed by atoms with E-state index in [2.05, 4.69) is 13.8 Å². The number of hydrogen-bond acceptors (Lipinski definition) is 2. The first-order chi connectivity index (χ1) is 6.63. The van der Waals surface area contributed by atoms with Gasteiger partial charge in [0.15, 0.2) is 0 Å². The van der Waals surface area contributed by atoms with E-state index in [1.807, 2.05) is 18.2 Å². The molecule has 3 N–H and O–H groups in total. The SMILES string of the molecule is CC(C)C(CN)Cc1cccc(O)c1. The van der Waals surface area contributed by atoms with Crippen molar-refractivity contribution >= 4 is 0 Å². The van der Waals surface area contributed by atoms with E-state index in [0.717, 1.165) is 12.0 Å². The van der Waals surface area contributed by atoms with Crippen molar-refractivity contribution in [3.63, 3.8) is 0 Å². The van der Waals surface area contributed by atoms with Crippen molar-refractivity contribution in [1.82, 2.24) is 0 Å². The molecule has 1 aromatic rings. The Morgan fingerprint density at radius 1 is 1.36 bits per heavy atom. The summed E-state index contributed by atoms with van der Waals surface area (Å²) in [5, 5.41) is 9.31. The molecule has 0 heterocycles. The van der Waals surface area contributed by atoms with Gasteiger partial charge in [-0.25, -0.2) is 0 Å². The number of rotatable bonds is 4. The van der Waals surface area contributed by atoms with Crippen molar-refractivity contribution in [3.05, 3.63) is 29.8 Å². The summed E-state index contributed by atoms with van der Waals surface area (Å²) in [6.07, 6.45) is 0.947. The highest BCUT2D eigenvalue weighted by Gasteiger charge is 2.11. The summed E-state index contributed by atoms with van der Waals surface area (Å²) in [4.78, 5) is 0. The van der Waals surface area contributed by atoms with Crippen LogP contribution in [0, 0.1) is 11.8 Å². The topological polar surface area (TPSA) is 46.2 Å². The van der Waals surface area contributed by atoms with Crippen molar-refractivity contribution in [2.75, 3.05) is 6.54 Å². The number of nitrogens with two attached hydrogens (primary N) is 1. The number of hydrogen-bond donors (Lipinski definition) is 2. The molecule has 0 saturated heterocycles. The Morgan fingerprint density at radius 2 is 2.07 bits per heavy atom. The van der Waals surface area contributed by atoms with Crippen LogP contribution in [0.5, 0.6) is 5.75 Å². The zero-order valence-electron chi connectivity index (χ0n) is 8.90. The lowest BCUT2D eigenvalue weighted by molar-refractivity contribution is 0.391. The van der Waals surface area contributed by atoms with E-state index < -0.39 is 0 Å². The van der Waals surface area contributed by atoms with Gasteiger partial charge < -0.3 is 10.8 Å². The molecule has 0 spiro atoms. The van der Waals surface area contributed by atoms with Crippen LogP contribution in [0.3, 0.4) is 0 Å². The standard InChI is InChI=1S/C12H19NO/c1-9(2)11(8-13)6-10-4-3-5-12(14)7-10/h3-5,7,9,11,14H,6,8,13H2,1-2H3. The van der Waals surface area contributed by atoms with Crippen LogP contribution in [-0.2, 0) is 6.42 Å². The zero-order valence-corrected chi connectivity index (χ0v) is 8.90. The summed E-state index contributed by atoms with van der Waals surface area (Å²) in [7, 11) is 0. The molecule has 0 saturated carbocycles. The Labute approximate surface area is 85.8 Å². The second kappa shape index (κ2) is 5.01. The molecule has 0 bridgehead atoms. The molecule has 2 heteroatoms. The smallest absolute Gasteiger partial charge is 0.115 e. The predicted octanol–water partition coefficient (Wildman–Crippen LogP) is 2.17.